The molecule has 2 rings (SSSR count). The standard InChI is InChI=1S/C14H16N4/c1-3-10(4-2)16-14-11-7-5-6-8-12(11)17-18-13(14)9-15/h5-8,10H,3-4H2,1-2H3,(H,16,17). The lowest BCUT2D eigenvalue weighted by Crippen LogP contribution is -2.18. The molecule has 1 aromatic heterocycles. The van der Waals surface area contributed by atoms with E-state index in [9.17, 15) is 0 Å². The Balaban J connectivity index is 2.55. The van der Waals surface area contributed by atoms with Crippen LogP contribution in [0.4, 0.5) is 5.69 Å². The molecule has 4 heteroatoms. The van der Waals surface area contributed by atoms with Crippen molar-refractivity contribution in [2.75, 3.05) is 5.32 Å². The van der Waals surface area contributed by atoms with Gasteiger partial charge >= 0.3 is 0 Å². The molecule has 1 heterocycles. The molecule has 0 aliphatic rings. The van der Waals surface area contributed by atoms with Crippen molar-refractivity contribution < 1.29 is 0 Å². The fraction of sp³-hybridized carbons (Fsp3) is 0.357. The van der Waals surface area contributed by atoms with E-state index in [2.05, 4.69) is 35.4 Å². The summed E-state index contributed by atoms with van der Waals surface area (Å²) in [6.07, 6.45) is 2.02. The number of hydrogen-bond donors (Lipinski definition) is 1. The lowest BCUT2D eigenvalue weighted by atomic mass is 10.1. The van der Waals surface area contributed by atoms with Crippen LogP contribution in [0.25, 0.3) is 10.9 Å². The molecule has 0 radical (unpaired) electrons. The topological polar surface area (TPSA) is 61.6 Å². The summed E-state index contributed by atoms with van der Waals surface area (Å²) in [5.74, 6) is 0. The highest BCUT2D eigenvalue weighted by Gasteiger charge is 2.12. The highest BCUT2D eigenvalue weighted by atomic mass is 15.1. The van der Waals surface area contributed by atoms with Gasteiger partial charge in [-0.25, -0.2) is 0 Å². The van der Waals surface area contributed by atoms with Crippen LogP contribution in [0.2, 0.25) is 0 Å². The summed E-state index contributed by atoms with van der Waals surface area (Å²) >= 11 is 0. The second-order valence-electron chi connectivity index (χ2n) is 4.21. The third-order valence-electron chi connectivity index (χ3n) is 3.11. The number of aromatic nitrogens is 2. The van der Waals surface area contributed by atoms with Crippen LogP contribution in [0.1, 0.15) is 32.4 Å². The lowest BCUT2D eigenvalue weighted by molar-refractivity contribution is 0.671. The third kappa shape index (κ3) is 2.25. The Morgan fingerprint density at radius 1 is 1.22 bits per heavy atom. The summed E-state index contributed by atoms with van der Waals surface area (Å²) in [6.45, 7) is 4.26. The van der Waals surface area contributed by atoms with Crippen LogP contribution in [0, 0.1) is 11.3 Å². The minimum atomic E-state index is 0.352. The molecule has 0 spiro atoms. The van der Waals surface area contributed by atoms with E-state index in [1.165, 1.54) is 0 Å². The molecular formula is C14H16N4. The number of nitriles is 1. The Hall–Kier alpha value is -2.15. The molecule has 0 saturated heterocycles. The smallest absolute Gasteiger partial charge is 0.186 e. The van der Waals surface area contributed by atoms with Crippen LogP contribution in [-0.2, 0) is 0 Å². The van der Waals surface area contributed by atoms with Crippen molar-refractivity contribution >= 4 is 16.6 Å². The Morgan fingerprint density at radius 2 is 1.94 bits per heavy atom. The first-order chi connectivity index (χ1) is 8.80. The van der Waals surface area contributed by atoms with Gasteiger partial charge in [-0.15, -0.1) is 10.2 Å². The Labute approximate surface area is 107 Å². The third-order valence-corrected chi connectivity index (χ3v) is 3.11. The molecule has 0 saturated carbocycles. The molecule has 0 amide bonds. The second kappa shape index (κ2) is 5.46. The fourth-order valence-electron chi connectivity index (χ4n) is 1.97. The number of rotatable bonds is 4. The van der Waals surface area contributed by atoms with Crippen molar-refractivity contribution in [3.05, 3.63) is 30.0 Å². The first-order valence-electron chi connectivity index (χ1n) is 6.22. The van der Waals surface area contributed by atoms with Gasteiger partial charge in [0.25, 0.3) is 0 Å². The van der Waals surface area contributed by atoms with E-state index in [0.717, 1.165) is 29.4 Å². The van der Waals surface area contributed by atoms with Gasteiger partial charge < -0.3 is 5.32 Å². The fourth-order valence-corrected chi connectivity index (χ4v) is 1.97. The molecule has 0 aliphatic heterocycles. The normalized spacial score (nSPS) is 10.6. The first kappa shape index (κ1) is 12.3. The summed E-state index contributed by atoms with van der Waals surface area (Å²) in [7, 11) is 0. The van der Waals surface area contributed by atoms with E-state index in [0.29, 0.717) is 11.7 Å². The second-order valence-corrected chi connectivity index (χ2v) is 4.21. The van der Waals surface area contributed by atoms with Gasteiger partial charge in [-0.05, 0) is 18.9 Å². The van der Waals surface area contributed by atoms with E-state index in [1.54, 1.807) is 0 Å². The maximum absolute atomic E-state index is 9.14. The van der Waals surface area contributed by atoms with Crippen LogP contribution >= 0.6 is 0 Å². The van der Waals surface area contributed by atoms with Gasteiger partial charge in [-0.2, -0.15) is 5.26 Å². The van der Waals surface area contributed by atoms with Crippen LogP contribution < -0.4 is 5.32 Å². The van der Waals surface area contributed by atoms with E-state index in [-0.39, 0.29) is 0 Å². The minimum absolute atomic E-state index is 0.352. The number of fused-ring (bicyclic) bond motifs is 1. The molecule has 0 unspecified atom stereocenters. The van der Waals surface area contributed by atoms with Gasteiger partial charge in [-0.3, -0.25) is 0 Å². The molecule has 2 aromatic rings. The van der Waals surface area contributed by atoms with Crippen LogP contribution in [0.5, 0.6) is 0 Å². The minimum Gasteiger partial charge on any atom is -0.379 e. The van der Waals surface area contributed by atoms with E-state index in [1.807, 2.05) is 24.3 Å². The van der Waals surface area contributed by atoms with Crippen LogP contribution in [0.15, 0.2) is 24.3 Å². The number of nitrogens with one attached hydrogen (secondary N) is 1. The molecule has 18 heavy (non-hydrogen) atoms. The molecule has 1 aromatic carbocycles. The van der Waals surface area contributed by atoms with Crippen molar-refractivity contribution in [1.82, 2.24) is 10.2 Å². The van der Waals surface area contributed by atoms with Crippen molar-refractivity contribution in [2.24, 2.45) is 0 Å². The predicted octanol–water partition coefficient (Wildman–Crippen LogP) is 3.10. The predicted molar refractivity (Wildman–Crippen MR) is 72.2 cm³/mol. The lowest BCUT2D eigenvalue weighted by Gasteiger charge is -2.17. The Bertz CT molecular complexity index is 582. The average molecular weight is 240 g/mol. The zero-order valence-electron chi connectivity index (χ0n) is 10.6. The summed E-state index contributed by atoms with van der Waals surface area (Å²) < 4.78 is 0. The molecule has 1 N–H and O–H groups in total. The Kier molecular flexibility index (Phi) is 3.73. The van der Waals surface area contributed by atoms with Gasteiger partial charge in [0, 0.05) is 11.4 Å². The van der Waals surface area contributed by atoms with Gasteiger partial charge in [0.05, 0.1) is 11.2 Å². The van der Waals surface area contributed by atoms with Gasteiger partial charge in [-0.1, -0.05) is 32.0 Å². The largest absolute Gasteiger partial charge is 0.379 e. The monoisotopic (exact) mass is 240 g/mol. The molecule has 0 aliphatic carbocycles. The summed E-state index contributed by atoms with van der Waals surface area (Å²) in [5.41, 5.74) is 1.97. The number of nitrogens with zero attached hydrogens (tertiary/aromatic N) is 3. The first-order valence-corrected chi connectivity index (χ1v) is 6.22. The SMILES string of the molecule is CCC(CC)Nc1c(C#N)nnc2ccccc12. The highest BCUT2D eigenvalue weighted by Crippen LogP contribution is 2.25. The van der Waals surface area contributed by atoms with Crippen molar-refractivity contribution in [1.29, 1.82) is 5.26 Å². The molecule has 4 nitrogen and oxygen atoms in total. The summed E-state index contributed by atoms with van der Waals surface area (Å²) in [6, 6.07) is 10.2. The van der Waals surface area contributed by atoms with Crippen LogP contribution in [-0.4, -0.2) is 16.2 Å². The maximum Gasteiger partial charge on any atom is 0.186 e. The molecule has 0 atom stereocenters. The summed E-state index contributed by atoms with van der Waals surface area (Å²) in [5, 5.41) is 21.5. The van der Waals surface area contributed by atoms with Gasteiger partial charge in [0.2, 0.25) is 0 Å². The van der Waals surface area contributed by atoms with Crippen LogP contribution in [0.3, 0.4) is 0 Å². The van der Waals surface area contributed by atoms with Crippen molar-refractivity contribution in [2.45, 2.75) is 32.7 Å². The average Bonchev–Trinajstić information content (AvgIpc) is 2.44. The van der Waals surface area contributed by atoms with Gasteiger partial charge in [0.1, 0.15) is 6.07 Å². The molecule has 0 bridgehead atoms. The number of benzene rings is 1. The molecule has 0 fully saturated rings. The van der Waals surface area contributed by atoms with E-state index >= 15 is 0 Å². The molecule has 92 valence electrons. The van der Waals surface area contributed by atoms with Crippen molar-refractivity contribution in [3.8, 4) is 6.07 Å². The van der Waals surface area contributed by atoms with E-state index < -0.39 is 0 Å². The van der Waals surface area contributed by atoms with Gasteiger partial charge in [0.15, 0.2) is 5.69 Å². The number of hydrogen-bond acceptors (Lipinski definition) is 4. The Morgan fingerprint density at radius 3 is 2.61 bits per heavy atom. The zero-order chi connectivity index (χ0) is 13.0. The maximum atomic E-state index is 9.14. The van der Waals surface area contributed by atoms with Crippen molar-refractivity contribution in [3.63, 3.8) is 0 Å². The molecular weight excluding hydrogens is 224 g/mol. The van der Waals surface area contributed by atoms with E-state index in [4.69, 9.17) is 5.26 Å². The zero-order valence-corrected chi connectivity index (χ0v) is 10.6. The summed E-state index contributed by atoms with van der Waals surface area (Å²) in [4.78, 5) is 0. The number of anilines is 1. The highest BCUT2D eigenvalue weighted by molar-refractivity contribution is 5.92. The quantitative estimate of drug-likeness (QED) is 0.892.